The molecule has 222 valence electrons. The van der Waals surface area contributed by atoms with Crippen LogP contribution in [0.1, 0.15) is 83.7 Å². The summed E-state index contributed by atoms with van der Waals surface area (Å²) in [6, 6.07) is 21.0. The van der Waals surface area contributed by atoms with Crippen molar-refractivity contribution in [1.82, 2.24) is 10.1 Å². The number of benzene rings is 2. The normalized spacial score (nSPS) is 18.5. The number of aliphatic carboxylic acids is 1. The molecule has 1 unspecified atom stereocenters. The molecule has 0 spiro atoms. The molecule has 1 aliphatic rings. The second-order valence-electron chi connectivity index (χ2n) is 13.0. The lowest BCUT2D eigenvalue weighted by Crippen LogP contribution is -2.66. The summed E-state index contributed by atoms with van der Waals surface area (Å²) in [6.45, 7) is 11.8. The lowest BCUT2D eigenvalue weighted by molar-refractivity contribution is -0.138. The van der Waals surface area contributed by atoms with E-state index in [-0.39, 0.29) is 17.6 Å². The zero-order valence-electron chi connectivity index (χ0n) is 25.3. The van der Waals surface area contributed by atoms with Crippen LogP contribution >= 0.6 is 22.6 Å². The highest BCUT2D eigenvalue weighted by Gasteiger charge is 2.50. The van der Waals surface area contributed by atoms with Crippen LogP contribution in [0.2, 0.25) is 5.04 Å². The van der Waals surface area contributed by atoms with Gasteiger partial charge in [0.25, 0.3) is 8.32 Å². The Balaban J connectivity index is 1.61. The molecule has 0 aliphatic heterocycles. The summed E-state index contributed by atoms with van der Waals surface area (Å²) in [5.41, 5.74) is 0.822. The Morgan fingerprint density at radius 1 is 1.10 bits per heavy atom. The first kappa shape index (κ1) is 31.9. The average molecular weight is 689 g/mol. The van der Waals surface area contributed by atoms with E-state index < -0.39 is 14.3 Å². The second-order valence-corrected chi connectivity index (χ2v) is 18.4. The fourth-order valence-electron chi connectivity index (χ4n) is 6.55. The summed E-state index contributed by atoms with van der Waals surface area (Å²) in [6.07, 6.45) is 4.12. The molecule has 0 bridgehead atoms. The van der Waals surface area contributed by atoms with Gasteiger partial charge in [0.1, 0.15) is 5.69 Å². The first-order valence-corrected chi connectivity index (χ1v) is 17.7. The van der Waals surface area contributed by atoms with Gasteiger partial charge >= 0.3 is 5.97 Å². The summed E-state index contributed by atoms with van der Waals surface area (Å²) >= 11 is 2.36. The van der Waals surface area contributed by atoms with Crippen molar-refractivity contribution >= 4 is 47.3 Å². The summed E-state index contributed by atoms with van der Waals surface area (Å²) in [5.74, 6) is 1.94. The molecule has 1 heterocycles. The molecule has 8 heteroatoms. The standard InChI is InChI=1S/C33H45IN2O4Si/c1-23(2)19-24-20-25(21-24)32-30(34)31(35-40-32)28(36(6)22-29(37)38)17-18-39-41(33(3,4)5,26-13-9-7-10-14-26)27-15-11-8-12-16-27/h7-16,23-25,28H,17-22H2,1-6H3,(H,37,38). The number of carbonyl (C=O) groups is 1. The number of rotatable bonds is 13. The molecule has 0 radical (unpaired) electrons. The van der Waals surface area contributed by atoms with E-state index in [1.54, 1.807) is 0 Å². The molecule has 0 saturated heterocycles. The molecule has 3 aromatic rings. The van der Waals surface area contributed by atoms with E-state index in [1.165, 1.54) is 16.8 Å². The number of carboxylic acid groups (broad SMARTS) is 1. The van der Waals surface area contributed by atoms with Crippen molar-refractivity contribution in [2.75, 3.05) is 20.2 Å². The topological polar surface area (TPSA) is 75.8 Å². The van der Waals surface area contributed by atoms with Crippen molar-refractivity contribution in [3.63, 3.8) is 0 Å². The molecular weight excluding hydrogens is 643 g/mol. The van der Waals surface area contributed by atoms with Crippen molar-refractivity contribution in [2.24, 2.45) is 11.8 Å². The van der Waals surface area contributed by atoms with Crippen molar-refractivity contribution in [3.8, 4) is 0 Å². The van der Waals surface area contributed by atoms with Crippen molar-refractivity contribution < 1.29 is 18.9 Å². The summed E-state index contributed by atoms with van der Waals surface area (Å²) in [5, 5.41) is 16.5. The van der Waals surface area contributed by atoms with Crippen molar-refractivity contribution in [3.05, 3.63) is 75.7 Å². The third-order valence-electron chi connectivity index (χ3n) is 8.45. The Kier molecular flexibility index (Phi) is 10.5. The molecule has 4 rings (SSSR count). The van der Waals surface area contributed by atoms with E-state index in [0.29, 0.717) is 24.9 Å². The highest BCUT2D eigenvalue weighted by Crippen LogP contribution is 2.47. The van der Waals surface area contributed by atoms with Gasteiger partial charge in [-0.25, -0.2) is 0 Å². The average Bonchev–Trinajstić information content (AvgIpc) is 3.26. The van der Waals surface area contributed by atoms with Crippen molar-refractivity contribution in [2.45, 2.75) is 77.3 Å². The van der Waals surface area contributed by atoms with E-state index in [4.69, 9.17) is 8.95 Å². The lowest BCUT2D eigenvalue weighted by Gasteiger charge is -2.43. The predicted molar refractivity (Wildman–Crippen MR) is 175 cm³/mol. The van der Waals surface area contributed by atoms with Gasteiger partial charge in [-0.3, -0.25) is 9.69 Å². The van der Waals surface area contributed by atoms with E-state index in [1.807, 2.05) is 24.1 Å². The van der Waals surface area contributed by atoms with Gasteiger partial charge in [0.15, 0.2) is 5.76 Å². The Morgan fingerprint density at radius 2 is 1.66 bits per heavy atom. The van der Waals surface area contributed by atoms with Crippen LogP contribution in [0.15, 0.2) is 65.2 Å². The third kappa shape index (κ3) is 7.14. The van der Waals surface area contributed by atoms with Crippen LogP contribution in [0.3, 0.4) is 0 Å². The largest absolute Gasteiger partial charge is 0.480 e. The molecule has 2 aromatic carbocycles. The number of carboxylic acids is 1. The molecule has 0 amide bonds. The smallest absolute Gasteiger partial charge is 0.317 e. The van der Waals surface area contributed by atoms with Crippen molar-refractivity contribution in [1.29, 1.82) is 0 Å². The molecule has 1 atom stereocenters. The zero-order chi connectivity index (χ0) is 29.8. The van der Waals surface area contributed by atoms with Crippen LogP contribution in [0.4, 0.5) is 0 Å². The van der Waals surface area contributed by atoms with E-state index in [2.05, 4.69) is 111 Å². The molecule has 1 saturated carbocycles. The predicted octanol–water partition coefficient (Wildman–Crippen LogP) is 6.84. The molecule has 41 heavy (non-hydrogen) atoms. The Morgan fingerprint density at radius 3 is 2.15 bits per heavy atom. The van der Waals surface area contributed by atoms with Crippen LogP contribution in [0.5, 0.6) is 0 Å². The first-order valence-electron chi connectivity index (χ1n) is 14.8. The van der Waals surface area contributed by atoms with Crippen LogP contribution < -0.4 is 10.4 Å². The van der Waals surface area contributed by atoms with Crippen LogP contribution in [0, 0.1) is 15.4 Å². The fourth-order valence-corrected chi connectivity index (χ4v) is 12.1. The summed E-state index contributed by atoms with van der Waals surface area (Å²) < 4.78 is 14.2. The van der Waals surface area contributed by atoms with Gasteiger partial charge in [0.05, 0.1) is 16.2 Å². The SMILES string of the molecule is CC(C)CC1CC(c2onc(C(CCO[Si](c3ccccc3)(c3ccccc3)C(C)(C)C)N(C)CC(=O)O)c2I)C1. The highest BCUT2D eigenvalue weighted by atomic mass is 127. The van der Waals surface area contributed by atoms with E-state index in [9.17, 15) is 9.90 Å². The zero-order valence-corrected chi connectivity index (χ0v) is 28.4. The Hall–Kier alpha value is -2.01. The second kappa shape index (κ2) is 13.5. The van der Waals surface area contributed by atoms with Crippen LogP contribution in [-0.2, 0) is 9.22 Å². The van der Waals surface area contributed by atoms with Gasteiger partial charge in [-0.2, -0.15) is 0 Å². The summed E-state index contributed by atoms with van der Waals surface area (Å²) in [7, 11) is -0.853. The maximum Gasteiger partial charge on any atom is 0.317 e. The Bertz CT molecular complexity index is 1230. The number of hydrogen-bond acceptors (Lipinski definition) is 5. The minimum absolute atomic E-state index is 0.0813. The highest BCUT2D eigenvalue weighted by molar-refractivity contribution is 14.1. The third-order valence-corrected chi connectivity index (χ3v) is 14.6. The number of likely N-dealkylation sites (N-methyl/N-ethyl adjacent to an activating group) is 1. The number of nitrogens with zero attached hydrogens (tertiary/aromatic N) is 2. The molecule has 1 N–H and O–H groups in total. The Labute approximate surface area is 260 Å². The number of aromatic nitrogens is 1. The maximum absolute atomic E-state index is 11.7. The quantitative estimate of drug-likeness (QED) is 0.157. The van der Waals surface area contributed by atoms with Gasteiger partial charge < -0.3 is 14.1 Å². The molecule has 6 nitrogen and oxygen atoms in total. The van der Waals surface area contributed by atoms with Crippen LogP contribution in [0.25, 0.3) is 0 Å². The summed E-state index contributed by atoms with van der Waals surface area (Å²) in [4.78, 5) is 13.6. The molecule has 1 fully saturated rings. The monoisotopic (exact) mass is 688 g/mol. The van der Waals surface area contributed by atoms with Gasteiger partial charge in [-0.05, 0) is 82.6 Å². The van der Waals surface area contributed by atoms with Crippen LogP contribution in [-0.4, -0.2) is 49.6 Å². The van der Waals surface area contributed by atoms with E-state index in [0.717, 1.165) is 33.8 Å². The first-order chi connectivity index (χ1) is 19.4. The molecule has 1 aliphatic carbocycles. The minimum atomic E-state index is -2.71. The molecular formula is C33H45IN2O4Si. The van der Waals surface area contributed by atoms with E-state index >= 15 is 0 Å². The maximum atomic E-state index is 11.7. The van der Waals surface area contributed by atoms with Gasteiger partial charge in [0.2, 0.25) is 0 Å². The number of halogens is 1. The minimum Gasteiger partial charge on any atom is -0.480 e. The van der Waals surface area contributed by atoms with Gasteiger partial charge in [-0.15, -0.1) is 0 Å². The van der Waals surface area contributed by atoms with Gasteiger partial charge in [-0.1, -0.05) is 100 Å². The van der Waals surface area contributed by atoms with Gasteiger partial charge in [0, 0.05) is 12.5 Å². The lowest BCUT2D eigenvalue weighted by atomic mass is 9.70. The fraction of sp³-hybridized carbons (Fsp3) is 0.515. The number of hydrogen-bond donors (Lipinski definition) is 1. The molecule has 1 aromatic heterocycles.